The lowest BCUT2D eigenvalue weighted by Gasteiger charge is -2.12. The Morgan fingerprint density at radius 1 is 1.33 bits per heavy atom. The quantitative estimate of drug-likeness (QED) is 0.743. The van der Waals surface area contributed by atoms with Gasteiger partial charge in [0.15, 0.2) is 0 Å². The van der Waals surface area contributed by atoms with E-state index >= 15 is 0 Å². The fourth-order valence-electron chi connectivity index (χ4n) is 1.64. The van der Waals surface area contributed by atoms with Crippen LogP contribution < -0.4 is 0 Å². The molecule has 0 atom stereocenters. The minimum absolute atomic E-state index is 0.0705. The predicted molar refractivity (Wildman–Crippen MR) is 63.2 cm³/mol. The molecule has 0 aromatic heterocycles. The standard InChI is InChI=1S/C13H19NO/c1-5-6-11-7-8-12(9-10(11)2)13(15)14(3)4/h7-9H,5-6H2,1-4H3. The van der Waals surface area contributed by atoms with Crippen molar-refractivity contribution in [3.63, 3.8) is 0 Å². The normalized spacial score (nSPS) is 10.1. The number of benzene rings is 1. The van der Waals surface area contributed by atoms with Gasteiger partial charge in [-0.25, -0.2) is 0 Å². The zero-order chi connectivity index (χ0) is 11.4. The Labute approximate surface area is 91.9 Å². The molecule has 0 aliphatic rings. The summed E-state index contributed by atoms with van der Waals surface area (Å²) in [5.74, 6) is 0.0705. The molecule has 0 heterocycles. The molecule has 0 saturated carbocycles. The first kappa shape index (κ1) is 11.8. The van der Waals surface area contributed by atoms with E-state index < -0.39 is 0 Å². The van der Waals surface area contributed by atoms with E-state index in [0.717, 1.165) is 18.4 Å². The summed E-state index contributed by atoms with van der Waals surface area (Å²) in [6.45, 7) is 4.23. The van der Waals surface area contributed by atoms with Crippen LogP contribution in [0.15, 0.2) is 18.2 Å². The van der Waals surface area contributed by atoms with E-state index in [4.69, 9.17) is 0 Å². The molecule has 0 fully saturated rings. The highest BCUT2D eigenvalue weighted by Gasteiger charge is 2.08. The van der Waals surface area contributed by atoms with E-state index in [1.165, 1.54) is 11.1 Å². The molecule has 0 saturated heterocycles. The van der Waals surface area contributed by atoms with Gasteiger partial charge in [0.05, 0.1) is 0 Å². The van der Waals surface area contributed by atoms with Gasteiger partial charge in [-0.15, -0.1) is 0 Å². The van der Waals surface area contributed by atoms with Crippen molar-refractivity contribution in [1.82, 2.24) is 4.90 Å². The minimum Gasteiger partial charge on any atom is -0.345 e. The van der Waals surface area contributed by atoms with Crippen LogP contribution in [0.5, 0.6) is 0 Å². The Morgan fingerprint density at radius 2 is 2.00 bits per heavy atom. The Bertz CT molecular complexity index is 356. The largest absolute Gasteiger partial charge is 0.345 e. The second-order valence-corrected chi connectivity index (χ2v) is 4.09. The molecule has 0 unspecified atom stereocenters. The number of nitrogens with zero attached hydrogens (tertiary/aromatic N) is 1. The molecule has 1 aromatic carbocycles. The topological polar surface area (TPSA) is 20.3 Å². The van der Waals surface area contributed by atoms with Crippen molar-refractivity contribution in [2.24, 2.45) is 0 Å². The van der Waals surface area contributed by atoms with Gasteiger partial charge in [-0.3, -0.25) is 4.79 Å². The zero-order valence-electron chi connectivity index (χ0n) is 10.0. The van der Waals surface area contributed by atoms with Crippen LogP contribution in [-0.4, -0.2) is 24.9 Å². The molecule has 1 amide bonds. The summed E-state index contributed by atoms with van der Waals surface area (Å²) in [7, 11) is 3.55. The van der Waals surface area contributed by atoms with Gasteiger partial charge in [0.25, 0.3) is 5.91 Å². The van der Waals surface area contributed by atoms with Crippen LogP contribution >= 0.6 is 0 Å². The number of carbonyl (C=O) groups excluding carboxylic acids is 1. The zero-order valence-corrected chi connectivity index (χ0v) is 10.0. The number of aryl methyl sites for hydroxylation is 2. The molecule has 0 aliphatic carbocycles. The highest BCUT2D eigenvalue weighted by Crippen LogP contribution is 2.13. The third-order valence-electron chi connectivity index (χ3n) is 2.52. The van der Waals surface area contributed by atoms with E-state index in [9.17, 15) is 4.79 Å². The fraction of sp³-hybridized carbons (Fsp3) is 0.462. The molecule has 0 aliphatic heterocycles. The van der Waals surface area contributed by atoms with Gasteiger partial charge >= 0.3 is 0 Å². The number of carbonyl (C=O) groups is 1. The van der Waals surface area contributed by atoms with Crippen molar-refractivity contribution >= 4 is 5.91 Å². The number of hydrogen-bond acceptors (Lipinski definition) is 1. The molecule has 0 radical (unpaired) electrons. The fourth-order valence-corrected chi connectivity index (χ4v) is 1.64. The van der Waals surface area contributed by atoms with Gasteiger partial charge < -0.3 is 4.90 Å². The van der Waals surface area contributed by atoms with Crippen LogP contribution in [-0.2, 0) is 6.42 Å². The Morgan fingerprint density at radius 3 is 2.47 bits per heavy atom. The van der Waals surface area contributed by atoms with Crippen molar-refractivity contribution in [3.8, 4) is 0 Å². The Kier molecular flexibility index (Phi) is 3.89. The van der Waals surface area contributed by atoms with E-state index in [1.807, 2.05) is 12.1 Å². The maximum atomic E-state index is 11.7. The van der Waals surface area contributed by atoms with Crippen molar-refractivity contribution < 1.29 is 4.79 Å². The van der Waals surface area contributed by atoms with Gasteiger partial charge in [0.1, 0.15) is 0 Å². The van der Waals surface area contributed by atoms with Crippen LogP contribution in [0.25, 0.3) is 0 Å². The van der Waals surface area contributed by atoms with Crippen LogP contribution in [0.2, 0.25) is 0 Å². The van der Waals surface area contributed by atoms with Gasteiger partial charge in [-0.05, 0) is 36.6 Å². The van der Waals surface area contributed by atoms with Gasteiger partial charge in [-0.2, -0.15) is 0 Å². The first-order valence-corrected chi connectivity index (χ1v) is 5.37. The third kappa shape index (κ3) is 2.82. The number of hydrogen-bond donors (Lipinski definition) is 0. The molecule has 0 spiro atoms. The molecule has 1 aromatic rings. The molecule has 0 bridgehead atoms. The first-order chi connectivity index (χ1) is 7.06. The second-order valence-electron chi connectivity index (χ2n) is 4.09. The van der Waals surface area contributed by atoms with E-state index in [-0.39, 0.29) is 5.91 Å². The van der Waals surface area contributed by atoms with E-state index in [1.54, 1.807) is 19.0 Å². The van der Waals surface area contributed by atoms with E-state index in [2.05, 4.69) is 19.9 Å². The molecule has 2 heteroatoms. The molecule has 82 valence electrons. The SMILES string of the molecule is CCCc1ccc(C(=O)N(C)C)cc1C. The lowest BCUT2D eigenvalue weighted by molar-refractivity contribution is 0.0827. The Hall–Kier alpha value is -1.31. The summed E-state index contributed by atoms with van der Waals surface area (Å²) in [6.07, 6.45) is 2.23. The molecular formula is C13H19NO. The lowest BCUT2D eigenvalue weighted by atomic mass is 10.0. The first-order valence-electron chi connectivity index (χ1n) is 5.37. The van der Waals surface area contributed by atoms with Gasteiger partial charge in [0.2, 0.25) is 0 Å². The average molecular weight is 205 g/mol. The summed E-state index contributed by atoms with van der Waals surface area (Å²) in [4.78, 5) is 13.3. The number of rotatable bonds is 3. The van der Waals surface area contributed by atoms with Crippen LogP contribution in [0.1, 0.15) is 34.8 Å². The second kappa shape index (κ2) is 4.96. The predicted octanol–water partition coefficient (Wildman–Crippen LogP) is 2.65. The average Bonchev–Trinajstić information content (AvgIpc) is 2.20. The summed E-state index contributed by atoms with van der Waals surface area (Å²) in [6, 6.07) is 5.96. The maximum Gasteiger partial charge on any atom is 0.253 e. The smallest absolute Gasteiger partial charge is 0.253 e. The van der Waals surface area contributed by atoms with E-state index in [0.29, 0.717) is 0 Å². The van der Waals surface area contributed by atoms with Gasteiger partial charge in [0, 0.05) is 19.7 Å². The lowest BCUT2D eigenvalue weighted by Crippen LogP contribution is -2.21. The monoisotopic (exact) mass is 205 g/mol. The molecule has 15 heavy (non-hydrogen) atoms. The minimum atomic E-state index is 0.0705. The van der Waals surface area contributed by atoms with Crippen molar-refractivity contribution in [2.75, 3.05) is 14.1 Å². The molecule has 0 N–H and O–H groups in total. The summed E-state index contributed by atoms with van der Waals surface area (Å²) in [5.41, 5.74) is 3.33. The van der Waals surface area contributed by atoms with Crippen LogP contribution in [0, 0.1) is 6.92 Å². The number of amides is 1. The summed E-state index contributed by atoms with van der Waals surface area (Å²) >= 11 is 0. The maximum absolute atomic E-state index is 11.7. The van der Waals surface area contributed by atoms with Crippen molar-refractivity contribution in [2.45, 2.75) is 26.7 Å². The third-order valence-corrected chi connectivity index (χ3v) is 2.52. The van der Waals surface area contributed by atoms with Gasteiger partial charge in [-0.1, -0.05) is 19.4 Å². The summed E-state index contributed by atoms with van der Waals surface area (Å²) in [5, 5.41) is 0. The molecular weight excluding hydrogens is 186 g/mol. The van der Waals surface area contributed by atoms with Crippen LogP contribution in [0.3, 0.4) is 0 Å². The molecule has 1 rings (SSSR count). The Balaban J connectivity index is 2.96. The van der Waals surface area contributed by atoms with Crippen molar-refractivity contribution in [1.29, 1.82) is 0 Å². The summed E-state index contributed by atoms with van der Waals surface area (Å²) < 4.78 is 0. The highest BCUT2D eigenvalue weighted by atomic mass is 16.2. The van der Waals surface area contributed by atoms with Crippen LogP contribution in [0.4, 0.5) is 0 Å². The highest BCUT2D eigenvalue weighted by molar-refractivity contribution is 5.94. The molecule has 2 nitrogen and oxygen atoms in total. The van der Waals surface area contributed by atoms with Crippen molar-refractivity contribution in [3.05, 3.63) is 34.9 Å².